The zero-order chi connectivity index (χ0) is 15.6. The zero-order valence-corrected chi connectivity index (χ0v) is 15.5. The SMILES string of the molecule is Cc1cc(Br)c(NC(=O)CN(C)C(CN)C2CC2)c(Br)c1. The second-order valence-electron chi connectivity index (χ2n) is 5.71. The van der Waals surface area contributed by atoms with Crippen molar-refractivity contribution in [3.8, 4) is 0 Å². The van der Waals surface area contributed by atoms with Crippen molar-refractivity contribution in [3.05, 3.63) is 26.6 Å². The molecule has 0 heterocycles. The molecule has 1 aliphatic carbocycles. The number of hydrogen-bond donors (Lipinski definition) is 2. The number of benzene rings is 1. The van der Waals surface area contributed by atoms with Crippen LogP contribution in [0.4, 0.5) is 5.69 Å². The minimum absolute atomic E-state index is 0.0261. The van der Waals surface area contributed by atoms with Crippen molar-refractivity contribution < 1.29 is 4.79 Å². The van der Waals surface area contributed by atoms with E-state index in [1.807, 2.05) is 26.1 Å². The van der Waals surface area contributed by atoms with Crippen molar-refractivity contribution in [3.63, 3.8) is 0 Å². The smallest absolute Gasteiger partial charge is 0.238 e. The number of carbonyl (C=O) groups excluding carboxylic acids is 1. The van der Waals surface area contributed by atoms with E-state index in [4.69, 9.17) is 5.73 Å². The molecule has 116 valence electrons. The summed E-state index contributed by atoms with van der Waals surface area (Å²) in [6.07, 6.45) is 2.45. The summed E-state index contributed by atoms with van der Waals surface area (Å²) in [7, 11) is 1.97. The van der Waals surface area contributed by atoms with Gasteiger partial charge < -0.3 is 11.1 Å². The van der Waals surface area contributed by atoms with Crippen LogP contribution in [0.5, 0.6) is 0 Å². The maximum Gasteiger partial charge on any atom is 0.238 e. The van der Waals surface area contributed by atoms with E-state index < -0.39 is 0 Å². The third kappa shape index (κ3) is 4.52. The highest BCUT2D eigenvalue weighted by Gasteiger charge is 2.33. The fourth-order valence-electron chi connectivity index (χ4n) is 2.56. The van der Waals surface area contributed by atoms with E-state index in [2.05, 4.69) is 42.1 Å². The van der Waals surface area contributed by atoms with Crippen LogP contribution in [0.3, 0.4) is 0 Å². The van der Waals surface area contributed by atoms with Crippen molar-refractivity contribution in [1.82, 2.24) is 4.90 Å². The topological polar surface area (TPSA) is 58.4 Å². The van der Waals surface area contributed by atoms with Gasteiger partial charge in [-0.25, -0.2) is 0 Å². The standard InChI is InChI=1S/C15H21Br2N3O/c1-9-5-11(16)15(12(17)6-9)19-14(21)8-20(2)13(7-18)10-3-4-10/h5-6,10,13H,3-4,7-8,18H2,1-2H3,(H,19,21). The maximum absolute atomic E-state index is 12.2. The lowest BCUT2D eigenvalue weighted by atomic mass is 10.1. The molecule has 2 rings (SSSR count). The summed E-state index contributed by atoms with van der Waals surface area (Å²) < 4.78 is 1.76. The molecule has 1 aromatic carbocycles. The molecule has 1 aliphatic rings. The first kappa shape index (κ1) is 16.9. The molecular formula is C15H21Br2N3O. The quantitative estimate of drug-likeness (QED) is 0.745. The average Bonchev–Trinajstić information content (AvgIpc) is 3.19. The molecule has 21 heavy (non-hydrogen) atoms. The molecule has 0 spiro atoms. The lowest BCUT2D eigenvalue weighted by Gasteiger charge is -2.26. The Balaban J connectivity index is 1.98. The number of anilines is 1. The molecule has 0 bridgehead atoms. The fraction of sp³-hybridized carbons (Fsp3) is 0.533. The number of halogens is 2. The van der Waals surface area contributed by atoms with Crippen molar-refractivity contribution in [2.75, 3.05) is 25.5 Å². The number of likely N-dealkylation sites (N-methyl/N-ethyl adjacent to an activating group) is 1. The Morgan fingerprint density at radius 2 is 2.00 bits per heavy atom. The lowest BCUT2D eigenvalue weighted by molar-refractivity contribution is -0.117. The van der Waals surface area contributed by atoms with Gasteiger partial charge in [0.25, 0.3) is 0 Å². The number of amides is 1. The molecule has 3 N–H and O–H groups in total. The van der Waals surface area contributed by atoms with E-state index in [1.165, 1.54) is 12.8 Å². The first-order chi connectivity index (χ1) is 9.92. The molecule has 0 aromatic heterocycles. The van der Waals surface area contributed by atoms with Gasteiger partial charge in [0.1, 0.15) is 0 Å². The monoisotopic (exact) mass is 417 g/mol. The molecule has 0 aliphatic heterocycles. The lowest BCUT2D eigenvalue weighted by Crippen LogP contribution is -2.43. The van der Waals surface area contributed by atoms with E-state index in [0.29, 0.717) is 25.0 Å². The minimum Gasteiger partial charge on any atom is -0.329 e. The Labute approximate surface area is 142 Å². The Hall–Kier alpha value is -0.430. The van der Waals surface area contributed by atoms with Crippen LogP contribution in [-0.4, -0.2) is 37.0 Å². The second-order valence-corrected chi connectivity index (χ2v) is 7.42. The Morgan fingerprint density at radius 3 is 2.48 bits per heavy atom. The highest BCUT2D eigenvalue weighted by molar-refractivity contribution is 9.11. The van der Waals surface area contributed by atoms with Crippen LogP contribution in [0, 0.1) is 12.8 Å². The van der Waals surface area contributed by atoms with Crippen LogP contribution in [0.2, 0.25) is 0 Å². The number of nitrogens with zero attached hydrogens (tertiary/aromatic N) is 1. The average molecular weight is 419 g/mol. The van der Waals surface area contributed by atoms with E-state index in [1.54, 1.807) is 0 Å². The number of hydrogen-bond acceptors (Lipinski definition) is 3. The number of carbonyl (C=O) groups is 1. The van der Waals surface area contributed by atoms with Gasteiger partial charge in [-0.1, -0.05) is 0 Å². The van der Waals surface area contributed by atoms with E-state index in [9.17, 15) is 4.79 Å². The number of nitrogens with one attached hydrogen (secondary N) is 1. The van der Waals surface area contributed by atoms with E-state index in [-0.39, 0.29) is 5.91 Å². The first-order valence-electron chi connectivity index (χ1n) is 7.08. The van der Waals surface area contributed by atoms with E-state index in [0.717, 1.165) is 20.2 Å². The molecule has 0 radical (unpaired) electrons. The Bertz CT molecular complexity index is 509. The summed E-state index contributed by atoms with van der Waals surface area (Å²) in [6.45, 7) is 2.97. The summed E-state index contributed by atoms with van der Waals surface area (Å²) in [5.74, 6) is 0.632. The summed E-state index contributed by atoms with van der Waals surface area (Å²) in [5.41, 5.74) is 7.72. The fourth-order valence-corrected chi connectivity index (χ4v) is 4.17. The summed E-state index contributed by atoms with van der Waals surface area (Å²) >= 11 is 6.98. The third-order valence-corrected chi connectivity index (χ3v) is 5.07. The van der Waals surface area contributed by atoms with Crippen molar-refractivity contribution in [1.29, 1.82) is 0 Å². The van der Waals surface area contributed by atoms with Crippen LogP contribution in [-0.2, 0) is 4.79 Å². The van der Waals surface area contributed by atoms with Gasteiger partial charge >= 0.3 is 0 Å². The highest BCUT2D eigenvalue weighted by atomic mass is 79.9. The number of nitrogens with two attached hydrogens (primary N) is 1. The molecule has 1 fully saturated rings. The summed E-state index contributed by atoms with van der Waals surface area (Å²) in [5, 5.41) is 2.96. The Morgan fingerprint density at radius 1 is 1.43 bits per heavy atom. The summed E-state index contributed by atoms with van der Waals surface area (Å²) in [4.78, 5) is 14.3. The van der Waals surface area contributed by atoms with Crippen molar-refractivity contribution >= 4 is 43.5 Å². The predicted molar refractivity (Wildman–Crippen MR) is 93.4 cm³/mol. The van der Waals surface area contributed by atoms with Crippen LogP contribution in [0.25, 0.3) is 0 Å². The van der Waals surface area contributed by atoms with Gasteiger partial charge in [0, 0.05) is 21.5 Å². The van der Waals surface area contributed by atoms with Crippen molar-refractivity contribution in [2.45, 2.75) is 25.8 Å². The van der Waals surface area contributed by atoms with Gasteiger partial charge in [-0.05, 0) is 82.3 Å². The second kappa shape index (κ2) is 7.22. The molecule has 1 saturated carbocycles. The molecule has 1 atom stereocenters. The molecule has 4 nitrogen and oxygen atoms in total. The van der Waals surface area contributed by atoms with Crippen LogP contribution >= 0.6 is 31.9 Å². The molecule has 1 amide bonds. The highest BCUT2D eigenvalue weighted by Crippen LogP contribution is 2.35. The van der Waals surface area contributed by atoms with Crippen molar-refractivity contribution in [2.24, 2.45) is 11.7 Å². The summed E-state index contributed by atoms with van der Waals surface area (Å²) in [6, 6.07) is 4.27. The predicted octanol–water partition coefficient (Wildman–Crippen LogP) is 3.13. The molecule has 1 aromatic rings. The third-order valence-electron chi connectivity index (χ3n) is 3.82. The van der Waals surface area contributed by atoms with E-state index >= 15 is 0 Å². The number of rotatable bonds is 6. The van der Waals surface area contributed by atoms with Gasteiger partial charge in [-0.2, -0.15) is 0 Å². The van der Waals surface area contributed by atoms with Gasteiger partial charge in [-0.3, -0.25) is 9.69 Å². The largest absolute Gasteiger partial charge is 0.329 e. The first-order valence-corrected chi connectivity index (χ1v) is 8.66. The molecule has 6 heteroatoms. The van der Waals surface area contributed by atoms with Gasteiger partial charge in [-0.15, -0.1) is 0 Å². The van der Waals surface area contributed by atoms with Gasteiger partial charge in [0.2, 0.25) is 5.91 Å². The molecule has 1 unspecified atom stereocenters. The van der Waals surface area contributed by atoms with Gasteiger partial charge in [0.05, 0.1) is 12.2 Å². The van der Waals surface area contributed by atoms with Crippen LogP contribution in [0.1, 0.15) is 18.4 Å². The Kier molecular flexibility index (Phi) is 5.82. The molecular weight excluding hydrogens is 398 g/mol. The van der Waals surface area contributed by atoms with Gasteiger partial charge in [0.15, 0.2) is 0 Å². The van der Waals surface area contributed by atoms with Crippen LogP contribution in [0.15, 0.2) is 21.1 Å². The normalized spacial score (nSPS) is 16.1. The molecule has 0 saturated heterocycles. The minimum atomic E-state index is -0.0261. The maximum atomic E-state index is 12.2. The van der Waals surface area contributed by atoms with Crippen LogP contribution < -0.4 is 11.1 Å². The zero-order valence-electron chi connectivity index (χ0n) is 12.3. The number of aryl methyl sites for hydroxylation is 1.